The minimum Gasteiger partial charge on any atom is -0.389 e. The van der Waals surface area contributed by atoms with Crippen LogP contribution in [0.5, 0.6) is 0 Å². The molecule has 1 heterocycles. The van der Waals surface area contributed by atoms with Crippen LogP contribution in [0.15, 0.2) is 12.3 Å². The van der Waals surface area contributed by atoms with Gasteiger partial charge in [0.25, 0.3) is 0 Å². The highest BCUT2D eigenvalue weighted by atomic mass is 14.9. The third-order valence-corrected chi connectivity index (χ3v) is 2.04. The summed E-state index contributed by atoms with van der Waals surface area (Å²) in [5, 5.41) is 3.25. The molecule has 1 aliphatic heterocycles. The van der Waals surface area contributed by atoms with Crippen molar-refractivity contribution in [2.75, 3.05) is 6.54 Å². The topological polar surface area (TPSA) is 12.0 Å². The van der Waals surface area contributed by atoms with Gasteiger partial charge in [0.2, 0.25) is 0 Å². The number of nitrogens with one attached hydrogen (secondary N) is 1. The van der Waals surface area contributed by atoms with E-state index in [0.29, 0.717) is 0 Å². The Morgan fingerprint density at radius 1 is 1.78 bits per heavy atom. The van der Waals surface area contributed by atoms with Gasteiger partial charge in [-0.3, -0.25) is 0 Å². The van der Waals surface area contributed by atoms with Crippen molar-refractivity contribution in [3.8, 4) is 0 Å². The first-order chi connectivity index (χ1) is 4.33. The fourth-order valence-electron chi connectivity index (χ4n) is 1.32. The second-order valence-corrected chi connectivity index (χ2v) is 2.80. The van der Waals surface area contributed by atoms with Gasteiger partial charge < -0.3 is 5.32 Å². The zero-order valence-corrected chi connectivity index (χ0v) is 6.11. The molecule has 1 unspecified atom stereocenters. The average molecular weight is 125 g/mol. The van der Waals surface area contributed by atoms with Crippen molar-refractivity contribution in [3.05, 3.63) is 12.3 Å². The van der Waals surface area contributed by atoms with Gasteiger partial charge in [-0.25, -0.2) is 0 Å². The molecule has 0 radical (unpaired) electrons. The zero-order valence-electron chi connectivity index (χ0n) is 6.11. The minimum atomic E-state index is 0.902. The highest BCUT2D eigenvalue weighted by Gasteiger charge is 2.12. The summed E-state index contributed by atoms with van der Waals surface area (Å²) >= 11 is 0. The SMILES string of the molecule is C=C1CC(CC)CCN1. The summed E-state index contributed by atoms with van der Waals surface area (Å²) in [6.45, 7) is 7.29. The Hall–Kier alpha value is -0.460. The average Bonchev–Trinajstić information content (AvgIpc) is 1.88. The van der Waals surface area contributed by atoms with E-state index in [1.807, 2.05) is 0 Å². The monoisotopic (exact) mass is 125 g/mol. The lowest BCUT2D eigenvalue weighted by atomic mass is 9.94. The summed E-state index contributed by atoms with van der Waals surface area (Å²) in [7, 11) is 0. The predicted octanol–water partition coefficient (Wildman–Crippen LogP) is 1.91. The standard InChI is InChI=1S/C8H15N/c1-3-8-4-5-9-7(2)6-8/h8-9H,2-6H2,1H3. The van der Waals surface area contributed by atoms with Crippen LogP contribution in [-0.2, 0) is 0 Å². The van der Waals surface area contributed by atoms with E-state index in [2.05, 4.69) is 18.8 Å². The van der Waals surface area contributed by atoms with Crippen molar-refractivity contribution in [2.24, 2.45) is 5.92 Å². The number of rotatable bonds is 1. The molecule has 0 spiro atoms. The lowest BCUT2D eigenvalue weighted by Crippen LogP contribution is -2.24. The second kappa shape index (κ2) is 2.90. The first kappa shape index (κ1) is 6.66. The maximum absolute atomic E-state index is 3.90. The highest BCUT2D eigenvalue weighted by molar-refractivity contribution is 4.96. The highest BCUT2D eigenvalue weighted by Crippen LogP contribution is 2.19. The molecular weight excluding hydrogens is 110 g/mol. The van der Waals surface area contributed by atoms with E-state index in [1.54, 1.807) is 0 Å². The van der Waals surface area contributed by atoms with Crippen LogP contribution in [0, 0.1) is 5.92 Å². The predicted molar refractivity (Wildman–Crippen MR) is 40.2 cm³/mol. The molecule has 0 aromatic heterocycles. The van der Waals surface area contributed by atoms with Crippen LogP contribution in [0.2, 0.25) is 0 Å². The maximum atomic E-state index is 3.90. The van der Waals surface area contributed by atoms with Gasteiger partial charge >= 0.3 is 0 Å². The molecule has 0 amide bonds. The van der Waals surface area contributed by atoms with Crippen LogP contribution in [0.1, 0.15) is 26.2 Å². The number of piperidine rings is 1. The molecule has 52 valence electrons. The number of hydrogen-bond donors (Lipinski definition) is 1. The van der Waals surface area contributed by atoms with E-state index in [0.717, 1.165) is 12.5 Å². The van der Waals surface area contributed by atoms with Crippen LogP contribution < -0.4 is 5.32 Å². The molecule has 0 aliphatic carbocycles. The normalized spacial score (nSPS) is 27.7. The Bertz CT molecular complexity index is 107. The smallest absolute Gasteiger partial charge is 0.0146 e. The molecular formula is C8H15N. The van der Waals surface area contributed by atoms with Gasteiger partial charge in [-0.05, 0) is 18.8 Å². The third kappa shape index (κ3) is 1.74. The van der Waals surface area contributed by atoms with E-state index in [1.165, 1.54) is 25.0 Å². The number of hydrogen-bond acceptors (Lipinski definition) is 1. The molecule has 1 aliphatic rings. The molecule has 0 bridgehead atoms. The summed E-state index contributed by atoms with van der Waals surface area (Å²) < 4.78 is 0. The molecule has 9 heavy (non-hydrogen) atoms. The Morgan fingerprint density at radius 2 is 2.56 bits per heavy atom. The summed E-state index contributed by atoms with van der Waals surface area (Å²) in [5.74, 6) is 0.902. The van der Waals surface area contributed by atoms with Crippen LogP contribution >= 0.6 is 0 Å². The zero-order chi connectivity index (χ0) is 6.69. The van der Waals surface area contributed by atoms with E-state index in [4.69, 9.17) is 0 Å². The molecule has 1 atom stereocenters. The van der Waals surface area contributed by atoms with Gasteiger partial charge in [-0.15, -0.1) is 0 Å². The van der Waals surface area contributed by atoms with Crippen molar-refractivity contribution in [1.29, 1.82) is 0 Å². The van der Waals surface area contributed by atoms with Crippen molar-refractivity contribution < 1.29 is 0 Å². The van der Waals surface area contributed by atoms with Crippen molar-refractivity contribution >= 4 is 0 Å². The van der Waals surface area contributed by atoms with Gasteiger partial charge in [0, 0.05) is 12.2 Å². The summed E-state index contributed by atoms with van der Waals surface area (Å²) in [5.41, 5.74) is 1.23. The molecule has 1 nitrogen and oxygen atoms in total. The van der Waals surface area contributed by atoms with Crippen molar-refractivity contribution in [1.82, 2.24) is 5.32 Å². The molecule has 1 fully saturated rings. The van der Waals surface area contributed by atoms with Crippen molar-refractivity contribution in [3.63, 3.8) is 0 Å². The van der Waals surface area contributed by atoms with Gasteiger partial charge in [0.1, 0.15) is 0 Å². The molecule has 0 aromatic carbocycles. The van der Waals surface area contributed by atoms with Gasteiger partial charge in [-0.1, -0.05) is 19.9 Å². The first-order valence-electron chi connectivity index (χ1n) is 3.74. The second-order valence-electron chi connectivity index (χ2n) is 2.80. The van der Waals surface area contributed by atoms with Crippen molar-refractivity contribution in [2.45, 2.75) is 26.2 Å². The molecule has 0 aromatic rings. The Balaban J connectivity index is 2.32. The summed E-state index contributed by atoms with van der Waals surface area (Å²) in [6, 6.07) is 0. The summed E-state index contributed by atoms with van der Waals surface area (Å²) in [4.78, 5) is 0. The molecule has 1 saturated heterocycles. The molecule has 0 saturated carbocycles. The van der Waals surface area contributed by atoms with E-state index in [-0.39, 0.29) is 0 Å². The first-order valence-corrected chi connectivity index (χ1v) is 3.74. The summed E-state index contributed by atoms with van der Waals surface area (Å²) in [6.07, 6.45) is 3.83. The third-order valence-electron chi connectivity index (χ3n) is 2.04. The van der Waals surface area contributed by atoms with Crippen LogP contribution in [0.3, 0.4) is 0 Å². The minimum absolute atomic E-state index is 0.902. The van der Waals surface area contributed by atoms with E-state index < -0.39 is 0 Å². The Morgan fingerprint density at radius 3 is 3.00 bits per heavy atom. The number of allylic oxidation sites excluding steroid dienone is 1. The van der Waals surface area contributed by atoms with Crippen LogP contribution in [0.25, 0.3) is 0 Å². The fraction of sp³-hybridized carbons (Fsp3) is 0.750. The van der Waals surface area contributed by atoms with Crippen LogP contribution in [0.4, 0.5) is 0 Å². The van der Waals surface area contributed by atoms with E-state index in [9.17, 15) is 0 Å². The molecule has 1 heteroatoms. The fourth-order valence-corrected chi connectivity index (χ4v) is 1.32. The molecule has 1 N–H and O–H groups in total. The lowest BCUT2D eigenvalue weighted by Gasteiger charge is -2.23. The van der Waals surface area contributed by atoms with Crippen LogP contribution in [-0.4, -0.2) is 6.54 Å². The largest absolute Gasteiger partial charge is 0.389 e. The lowest BCUT2D eigenvalue weighted by molar-refractivity contribution is 0.407. The maximum Gasteiger partial charge on any atom is 0.0146 e. The van der Waals surface area contributed by atoms with E-state index >= 15 is 0 Å². The van der Waals surface area contributed by atoms with Gasteiger partial charge in [-0.2, -0.15) is 0 Å². The Kier molecular flexibility index (Phi) is 2.15. The van der Waals surface area contributed by atoms with Gasteiger partial charge in [0.15, 0.2) is 0 Å². The molecule has 1 rings (SSSR count). The quantitative estimate of drug-likeness (QED) is 0.564. The Labute approximate surface area is 57.1 Å². The van der Waals surface area contributed by atoms with Gasteiger partial charge in [0.05, 0.1) is 0 Å².